The molecular weight excluding hydrogens is 110 g/mol. The molecule has 0 heterocycles. The van der Waals surface area contributed by atoms with Crippen LogP contribution >= 0.6 is 0 Å². The van der Waals surface area contributed by atoms with Crippen LogP contribution in [0.3, 0.4) is 0 Å². The second-order valence-electron chi connectivity index (χ2n) is 1.60. The summed E-state index contributed by atoms with van der Waals surface area (Å²) in [4.78, 5) is 0. The molecule has 0 aromatic carbocycles. The van der Waals surface area contributed by atoms with Gasteiger partial charge in [0, 0.05) is 0 Å². The second kappa shape index (κ2) is 3.80. The van der Waals surface area contributed by atoms with Gasteiger partial charge in [0.1, 0.15) is 0 Å². The van der Waals surface area contributed by atoms with Gasteiger partial charge in [0.25, 0.3) is 0 Å². The van der Waals surface area contributed by atoms with Gasteiger partial charge < -0.3 is 21.1 Å². The molecule has 0 radical (unpaired) electrons. The van der Waals surface area contributed by atoms with E-state index in [4.69, 9.17) is 21.1 Å². The summed E-state index contributed by atoms with van der Waals surface area (Å²) in [6.45, 7) is -0.705. The summed E-state index contributed by atoms with van der Waals surface area (Å²) < 4.78 is 0. The van der Waals surface area contributed by atoms with Crippen molar-refractivity contribution in [2.45, 2.75) is 12.1 Å². The third-order valence-corrected chi connectivity index (χ3v) is 0.892. The number of nitrogens with two attached hydrogens (primary N) is 1. The minimum atomic E-state index is -1.00. The molecule has 0 aliphatic rings. The molecule has 0 saturated carbocycles. The molecule has 0 amide bonds. The van der Waals surface area contributed by atoms with Gasteiger partial charge in [-0.2, -0.15) is 0 Å². The van der Waals surface area contributed by atoms with Crippen LogP contribution in [-0.2, 0) is 0 Å². The smallest absolute Gasteiger partial charge is 0.0943 e. The van der Waals surface area contributed by atoms with Crippen molar-refractivity contribution in [1.29, 1.82) is 0 Å². The molecule has 0 aliphatic heterocycles. The van der Waals surface area contributed by atoms with Gasteiger partial charge in [-0.15, -0.1) is 0 Å². The Morgan fingerprint density at radius 2 is 1.75 bits per heavy atom. The molecule has 2 atom stereocenters. The predicted octanol–water partition coefficient (Wildman–Crippen LogP) is -2.34. The summed E-state index contributed by atoms with van der Waals surface area (Å²) in [5.74, 6) is 0. The first-order valence-corrected chi connectivity index (χ1v) is 2.37. The van der Waals surface area contributed by atoms with Crippen LogP contribution in [0.25, 0.3) is 0 Å². The average molecular weight is 121 g/mol. The Balaban J connectivity index is 3.29. The highest BCUT2D eigenvalue weighted by Gasteiger charge is 2.10. The van der Waals surface area contributed by atoms with Crippen LogP contribution < -0.4 is 5.73 Å². The Morgan fingerprint density at radius 1 is 1.25 bits per heavy atom. The van der Waals surface area contributed by atoms with Crippen molar-refractivity contribution in [2.24, 2.45) is 5.73 Å². The highest BCUT2D eigenvalue weighted by Crippen LogP contribution is 1.84. The highest BCUT2D eigenvalue weighted by atomic mass is 16.3. The maximum atomic E-state index is 8.59. The SMILES string of the molecule is NC(CO)C(O)CO. The lowest BCUT2D eigenvalue weighted by Gasteiger charge is -2.12. The van der Waals surface area contributed by atoms with Crippen molar-refractivity contribution in [3.05, 3.63) is 0 Å². The normalized spacial score (nSPS) is 18.0. The van der Waals surface area contributed by atoms with Crippen LogP contribution in [0, 0.1) is 0 Å². The molecule has 0 rings (SSSR count). The van der Waals surface area contributed by atoms with Crippen LogP contribution in [0.2, 0.25) is 0 Å². The zero-order valence-corrected chi connectivity index (χ0v) is 4.49. The summed E-state index contributed by atoms with van der Waals surface area (Å²) in [6, 6.07) is -0.722. The van der Waals surface area contributed by atoms with Crippen molar-refractivity contribution in [3.8, 4) is 0 Å². The van der Waals surface area contributed by atoms with Gasteiger partial charge in [-0.05, 0) is 0 Å². The van der Waals surface area contributed by atoms with Crippen LogP contribution in [0.1, 0.15) is 0 Å². The summed E-state index contributed by atoms with van der Waals surface area (Å²) in [7, 11) is 0. The second-order valence-corrected chi connectivity index (χ2v) is 1.60. The van der Waals surface area contributed by atoms with Gasteiger partial charge in [-0.3, -0.25) is 0 Å². The minimum Gasteiger partial charge on any atom is -0.395 e. The van der Waals surface area contributed by atoms with E-state index in [1.807, 2.05) is 0 Å². The zero-order chi connectivity index (χ0) is 6.57. The van der Waals surface area contributed by atoms with E-state index >= 15 is 0 Å². The molecule has 0 spiro atoms. The first-order chi connectivity index (χ1) is 3.72. The summed E-state index contributed by atoms with van der Waals surface area (Å²) in [5, 5.41) is 25.0. The predicted molar refractivity (Wildman–Crippen MR) is 28.2 cm³/mol. The molecular formula is C4H11NO3. The minimum absolute atomic E-state index is 0.304. The van der Waals surface area contributed by atoms with Crippen LogP contribution in [0.5, 0.6) is 0 Å². The molecule has 0 aromatic rings. The maximum absolute atomic E-state index is 8.59. The molecule has 4 heteroatoms. The third-order valence-electron chi connectivity index (χ3n) is 0.892. The zero-order valence-electron chi connectivity index (χ0n) is 4.49. The largest absolute Gasteiger partial charge is 0.395 e. The van der Waals surface area contributed by atoms with Crippen molar-refractivity contribution >= 4 is 0 Å². The van der Waals surface area contributed by atoms with Crippen LogP contribution in [-0.4, -0.2) is 40.7 Å². The van der Waals surface area contributed by atoms with E-state index in [2.05, 4.69) is 0 Å². The fourth-order valence-corrected chi connectivity index (χ4v) is 0.257. The Kier molecular flexibility index (Phi) is 3.72. The van der Waals surface area contributed by atoms with Crippen LogP contribution in [0.15, 0.2) is 0 Å². The standard InChI is InChI=1S/C4H11NO3/c5-3(1-6)4(8)2-7/h3-4,6-8H,1-2,5H2. The van der Waals surface area contributed by atoms with E-state index in [0.29, 0.717) is 0 Å². The monoisotopic (exact) mass is 121 g/mol. The maximum Gasteiger partial charge on any atom is 0.0943 e. The first kappa shape index (κ1) is 7.84. The van der Waals surface area contributed by atoms with Crippen LogP contribution in [0.4, 0.5) is 0 Å². The quantitative estimate of drug-likeness (QED) is 0.337. The number of hydrogen-bond acceptors (Lipinski definition) is 4. The molecule has 2 unspecified atom stereocenters. The van der Waals surface area contributed by atoms with Gasteiger partial charge in [0.05, 0.1) is 25.4 Å². The first-order valence-electron chi connectivity index (χ1n) is 2.37. The summed E-state index contributed by atoms with van der Waals surface area (Å²) in [5.41, 5.74) is 5.07. The van der Waals surface area contributed by atoms with E-state index in [9.17, 15) is 0 Å². The molecule has 50 valence electrons. The van der Waals surface area contributed by atoms with E-state index in [-0.39, 0.29) is 6.61 Å². The molecule has 5 N–H and O–H groups in total. The highest BCUT2D eigenvalue weighted by molar-refractivity contribution is 4.68. The van der Waals surface area contributed by atoms with E-state index in [1.165, 1.54) is 0 Å². The molecule has 0 saturated heterocycles. The van der Waals surface area contributed by atoms with Gasteiger partial charge in [0.15, 0.2) is 0 Å². The summed E-state index contributed by atoms with van der Waals surface area (Å²) >= 11 is 0. The molecule has 0 aromatic heterocycles. The van der Waals surface area contributed by atoms with Crippen molar-refractivity contribution in [1.82, 2.24) is 0 Å². The van der Waals surface area contributed by atoms with Gasteiger partial charge in [0.2, 0.25) is 0 Å². The lowest BCUT2D eigenvalue weighted by atomic mass is 10.2. The molecule has 0 fully saturated rings. The van der Waals surface area contributed by atoms with Crippen molar-refractivity contribution in [3.63, 3.8) is 0 Å². The topological polar surface area (TPSA) is 86.7 Å². The fraction of sp³-hybridized carbons (Fsp3) is 1.00. The number of rotatable bonds is 3. The fourth-order valence-electron chi connectivity index (χ4n) is 0.257. The lowest BCUT2D eigenvalue weighted by molar-refractivity contribution is 0.0549. The van der Waals surface area contributed by atoms with Gasteiger partial charge in [-0.25, -0.2) is 0 Å². The van der Waals surface area contributed by atoms with Gasteiger partial charge >= 0.3 is 0 Å². The number of hydrogen-bond donors (Lipinski definition) is 4. The van der Waals surface area contributed by atoms with E-state index in [0.717, 1.165) is 0 Å². The Bertz CT molecular complexity index is 51.2. The average Bonchev–Trinajstić information content (AvgIpc) is 1.84. The van der Waals surface area contributed by atoms with Gasteiger partial charge in [-0.1, -0.05) is 0 Å². The Morgan fingerprint density at radius 3 is 1.88 bits per heavy atom. The lowest BCUT2D eigenvalue weighted by Crippen LogP contribution is -2.39. The van der Waals surface area contributed by atoms with E-state index < -0.39 is 18.8 Å². The molecule has 0 aliphatic carbocycles. The number of aliphatic hydroxyl groups excluding tert-OH is 3. The Labute approximate surface area is 47.6 Å². The molecule has 0 bridgehead atoms. The number of aliphatic hydroxyl groups is 3. The van der Waals surface area contributed by atoms with Crippen molar-refractivity contribution < 1.29 is 15.3 Å². The Hall–Kier alpha value is -0.160. The summed E-state index contributed by atoms with van der Waals surface area (Å²) in [6.07, 6.45) is -1.00. The van der Waals surface area contributed by atoms with E-state index in [1.54, 1.807) is 0 Å². The molecule has 8 heavy (non-hydrogen) atoms. The molecule has 4 nitrogen and oxygen atoms in total. The van der Waals surface area contributed by atoms with Crippen molar-refractivity contribution in [2.75, 3.05) is 13.2 Å². The third kappa shape index (κ3) is 2.23.